The third-order valence-corrected chi connectivity index (χ3v) is 3.38. The largest absolute Gasteiger partial charge is 0.496 e. The van der Waals surface area contributed by atoms with Crippen LogP contribution >= 0.6 is 0 Å². The average Bonchev–Trinajstić information content (AvgIpc) is 2.38. The molecule has 0 unspecified atom stereocenters. The van der Waals surface area contributed by atoms with E-state index < -0.39 is 6.10 Å². The monoisotopic (exact) mass is 235 g/mol. The third-order valence-electron chi connectivity index (χ3n) is 3.38. The van der Waals surface area contributed by atoms with E-state index in [1.54, 1.807) is 14.0 Å². The van der Waals surface area contributed by atoms with Gasteiger partial charge in [-0.2, -0.15) is 0 Å². The molecule has 94 valence electrons. The molecule has 1 aromatic rings. The van der Waals surface area contributed by atoms with Crippen molar-refractivity contribution in [1.29, 1.82) is 0 Å². The van der Waals surface area contributed by atoms with Crippen molar-refractivity contribution in [2.24, 2.45) is 0 Å². The van der Waals surface area contributed by atoms with Gasteiger partial charge in [-0.1, -0.05) is 6.07 Å². The molecule has 1 fully saturated rings. The summed E-state index contributed by atoms with van der Waals surface area (Å²) in [6, 6.07) is 5.99. The highest BCUT2D eigenvalue weighted by Gasteiger charge is 2.19. The minimum atomic E-state index is -0.497. The number of methoxy groups -OCH3 is 1. The molecule has 1 heterocycles. The van der Waals surface area contributed by atoms with Gasteiger partial charge in [0.15, 0.2) is 0 Å². The Bertz CT molecular complexity index is 370. The molecule has 0 radical (unpaired) electrons. The van der Waals surface area contributed by atoms with Crippen LogP contribution in [0, 0.1) is 0 Å². The van der Waals surface area contributed by atoms with Crippen molar-refractivity contribution in [2.75, 3.05) is 25.1 Å². The first-order valence-electron chi connectivity index (χ1n) is 6.34. The summed E-state index contributed by atoms with van der Waals surface area (Å²) in [4.78, 5) is 2.36. The summed E-state index contributed by atoms with van der Waals surface area (Å²) in [6.45, 7) is 3.95. The molecule has 0 amide bonds. The van der Waals surface area contributed by atoms with Crippen LogP contribution in [0.2, 0.25) is 0 Å². The van der Waals surface area contributed by atoms with Crippen LogP contribution < -0.4 is 9.64 Å². The second kappa shape index (κ2) is 5.41. The van der Waals surface area contributed by atoms with Crippen molar-refractivity contribution in [2.45, 2.75) is 32.3 Å². The molecule has 1 aliphatic rings. The molecule has 1 aliphatic heterocycles. The Morgan fingerprint density at radius 2 is 1.94 bits per heavy atom. The fourth-order valence-corrected chi connectivity index (χ4v) is 2.54. The lowest BCUT2D eigenvalue weighted by molar-refractivity contribution is 0.194. The predicted molar refractivity (Wildman–Crippen MR) is 69.7 cm³/mol. The van der Waals surface area contributed by atoms with Gasteiger partial charge in [0.25, 0.3) is 0 Å². The number of aliphatic hydroxyl groups is 1. The van der Waals surface area contributed by atoms with Crippen LogP contribution in [0.4, 0.5) is 5.69 Å². The number of ether oxygens (including phenoxy) is 1. The molecule has 0 bridgehead atoms. The van der Waals surface area contributed by atoms with E-state index in [2.05, 4.69) is 11.0 Å². The quantitative estimate of drug-likeness (QED) is 0.874. The van der Waals surface area contributed by atoms with Gasteiger partial charge in [-0.05, 0) is 38.3 Å². The summed E-state index contributed by atoms with van der Waals surface area (Å²) >= 11 is 0. The highest BCUT2D eigenvalue weighted by Crippen LogP contribution is 2.35. The second-order valence-corrected chi connectivity index (χ2v) is 4.62. The van der Waals surface area contributed by atoms with E-state index in [9.17, 15) is 5.11 Å². The molecule has 1 aromatic carbocycles. The van der Waals surface area contributed by atoms with Gasteiger partial charge in [-0.25, -0.2) is 0 Å². The number of hydrogen-bond donors (Lipinski definition) is 1. The minimum absolute atomic E-state index is 0.497. The molecular formula is C14H21NO2. The van der Waals surface area contributed by atoms with E-state index in [1.165, 1.54) is 19.3 Å². The van der Waals surface area contributed by atoms with E-state index in [-0.39, 0.29) is 0 Å². The van der Waals surface area contributed by atoms with Gasteiger partial charge in [0.2, 0.25) is 0 Å². The number of piperidine rings is 1. The summed E-state index contributed by atoms with van der Waals surface area (Å²) in [5.74, 6) is 0.781. The first-order valence-corrected chi connectivity index (χ1v) is 6.34. The Labute approximate surface area is 103 Å². The number of benzene rings is 1. The van der Waals surface area contributed by atoms with Gasteiger partial charge in [-0.15, -0.1) is 0 Å². The third kappa shape index (κ3) is 2.55. The lowest BCUT2D eigenvalue weighted by atomic mass is 10.0. The molecular weight excluding hydrogens is 214 g/mol. The molecule has 1 N–H and O–H groups in total. The van der Waals surface area contributed by atoms with Gasteiger partial charge in [0.05, 0.1) is 13.2 Å². The summed E-state index contributed by atoms with van der Waals surface area (Å²) < 4.78 is 5.35. The van der Waals surface area contributed by atoms with E-state index in [0.29, 0.717) is 0 Å². The van der Waals surface area contributed by atoms with Crippen LogP contribution in [0.3, 0.4) is 0 Å². The molecule has 3 heteroatoms. The lowest BCUT2D eigenvalue weighted by Crippen LogP contribution is -2.30. The van der Waals surface area contributed by atoms with Crippen molar-refractivity contribution in [3.05, 3.63) is 23.8 Å². The molecule has 1 atom stereocenters. The fraction of sp³-hybridized carbons (Fsp3) is 0.571. The lowest BCUT2D eigenvalue weighted by Gasteiger charge is -2.31. The molecule has 3 nitrogen and oxygen atoms in total. The summed E-state index contributed by atoms with van der Waals surface area (Å²) in [6.07, 6.45) is 3.28. The fourth-order valence-electron chi connectivity index (χ4n) is 2.54. The van der Waals surface area contributed by atoms with Crippen LogP contribution in [0.1, 0.15) is 37.9 Å². The maximum absolute atomic E-state index is 9.94. The summed E-state index contributed by atoms with van der Waals surface area (Å²) in [5.41, 5.74) is 2.04. The Balaban J connectivity index is 2.37. The summed E-state index contributed by atoms with van der Waals surface area (Å²) in [7, 11) is 1.65. The zero-order valence-electron chi connectivity index (χ0n) is 10.6. The van der Waals surface area contributed by atoms with Crippen molar-refractivity contribution in [3.8, 4) is 5.75 Å². The zero-order valence-corrected chi connectivity index (χ0v) is 10.6. The molecule has 0 spiro atoms. The van der Waals surface area contributed by atoms with Crippen LogP contribution in [-0.4, -0.2) is 25.3 Å². The normalized spacial score (nSPS) is 17.9. The van der Waals surface area contributed by atoms with Gasteiger partial charge < -0.3 is 14.7 Å². The van der Waals surface area contributed by atoms with Crippen molar-refractivity contribution in [1.82, 2.24) is 0 Å². The Hall–Kier alpha value is -1.22. The molecule has 0 aromatic heterocycles. The van der Waals surface area contributed by atoms with E-state index in [4.69, 9.17) is 4.74 Å². The smallest absolute Gasteiger partial charge is 0.126 e. The van der Waals surface area contributed by atoms with Gasteiger partial charge in [0.1, 0.15) is 5.75 Å². The summed E-state index contributed by atoms with van der Waals surface area (Å²) in [5, 5.41) is 9.94. The minimum Gasteiger partial charge on any atom is -0.496 e. The average molecular weight is 235 g/mol. The Morgan fingerprint density at radius 1 is 1.24 bits per heavy atom. The van der Waals surface area contributed by atoms with Crippen molar-refractivity contribution in [3.63, 3.8) is 0 Å². The topological polar surface area (TPSA) is 32.7 Å². The van der Waals surface area contributed by atoms with Gasteiger partial charge in [0, 0.05) is 24.3 Å². The Kier molecular flexibility index (Phi) is 3.89. The second-order valence-electron chi connectivity index (χ2n) is 4.62. The highest BCUT2D eigenvalue weighted by atomic mass is 16.5. The number of hydrogen-bond acceptors (Lipinski definition) is 3. The number of anilines is 1. The Morgan fingerprint density at radius 3 is 2.53 bits per heavy atom. The number of aliphatic hydroxyl groups excluding tert-OH is 1. The highest BCUT2D eigenvalue weighted by molar-refractivity contribution is 5.60. The van der Waals surface area contributed by atoms with Crippen LogP contribution in [0.25, 0.3) is 0 Å². The maximum Gasteiger partial charge on any atom is 0.126 e. The SMILES string of the molecule is COc1cccc(N2CCCCC2)c1[C@H](C)O. The number of rotatable bonds is 3. The first kappa shape index (κ1) is 12.2. The molecule has 0 saturated carbocycles. The molecule has 0 aliphatic carbocycles. The van der Waals surface area contributed by atoms with E-state index in [0.717, 1.165) is 30.1 Å². The first-order chi connectivity index (χ1) is 8.24. The zero-order chi connectivity index (χ0) is 12.3. The van der Waals surface area contributed by atoms with Crippen LogP contribution in [0.15, 0.2) is 18.2 Å². The molecule has 1 saturated heterocycles. The maximum atomic E-state index is 9.94. The van der Waals surface area contributed by atoms with Gasteiger partial charge in [-0.3, -0.25) is 0 Å². The predicted octanol–water partition coefficient (Wildman–Crippen LogP) is 2.74. The van der Waals surface area contributed by atoms with Crippen LogP contribution in [-0.2, 0) is 0 Å². The molecule has 2 rings (SSSR count). The van der Waals surface area contributed by atoms with Crippen molar-refractivity contribution < 1.29 is 9.84 Å². The van der Waals surface area contributed by atoms with E-state index in [1.807, 2.05) is 12.1 Å². The van der Waals surface area contributed by atoms with Gasteiger partial charge >= 0.3 is 0 Å². The standard InChI is InChI=1S/C14H21NO2/c1-11(16)14-12(7-6-8-13(14)17-2)15-9-4-3-5-10-15/h6-8,11,16H,3-5,9-10H2,1-2H3/t11-/m0/s1. The van der Waals surface area contributed by atoms with E-state index >= 15 is 0 Å². The van der Waals surface area contributed by atoms with Crippen molar-refractivity contribution >= 4 is 5.69 Å². The number of nitrogens with zero attached hydrogens (tertiary/aromatic N) is 1. The van der Waals surface area contributed by atoms with Crippen LogP contribution in [0.5, 0.6) is 5.75 Å². The molecule has 17 heavy (non-hydrogen) atoms.